The van der Waals surface area contributed by atoms with Crippen LogP contribution in [0.1, 0.15) is 35.8 Å². The number of benzene rings is 2. The fourth-order valence-corrected chi connectivity index (χ4v) is 3.54. The summed E-state index contributed by atoms with van der Waals surface area (Å²) in [6.07, 6.45) is 0. The van der Waals surface area contributed by atoms with E-state index in [0.29, 0.717) is 29.7 Å². The van der Waals surface area contributed by atoms with Crippen molar-refractivity contribution in [2.24, 2.45) is 5.92 Å². The Hall–Kier alpha value is -2.44. The van der Waals surface area contributed by atoms with Gasteiger partial charge >= 0.3 is 0 Å². The summed E-state index contributed by atoms with van der Waals surface area (Å²) >= 11 is 11.9. The van der Waals surface area contributed by atoms with Crippen LogP contribution < -0.4 is 20.1 Å². The third-order valence-corrected chi connectivity index (χ3v) is 5.04. The molecule has 29 heavy (non-hydrogen) atoms. The van der Waals surface area contributed by atoms with E-state index in [-0.39, 0.29) is 35.0 Å². The minimum absolute atomic E-state index is 0.128. The summed E-state index contributed by atoms with van der Waals surface area (Å²) in [6, 6.07) is 9.96. The van der Waals surface area contributed by atoms with E-state index in [4.69, 9.17) is 32.7 Å². The first-order valence-electron chi connectivity index (χ1n) is 9.27. The molecule has 0 fully saturated rings. The lowest BCUT2D eigenvalue weighted by molar-refractivity contribution is -0.121. The first kappa shape index (κ1) is 21.3. The highest BCUT2D eigenvalue weighted by atomic mass is 35.5. The Morgan fingerprint density at radius 3 is 2.45 bits per heavy atom. The maximum atomic E-state index is 12.5. The van der Waals surface area contributed by atoms with Gasteiger partial charge in [-0.1, -0.05) is 43.1 Å². The molecule has 1 aliphatic heterocycles. The summed E-state index contributed by atoms with van der Waals surface area (Å²) in [5, 5.41) is 6.21. The monoisotopic (exact) mass is 436 g/mol. The molecule has 1 atom stereocenters. The van der Waals surface area contributed by atoms with Crippen LogP contribution in [0.25, 0.3) is 0 Å². The highest BCUT2D eigenvalue weighted by Gasteiger charge is 2.22. The van der Waals surface area contributed by atoms with Gasteiger partial charge in [0.05, 0.1) is 23.2 Å². The van der Waals surface area contributed by atoms with Crippen LogP contribution in [0.2, 0.25) is 10.0 Å². The standard InChI is InChI=1S/C21H22Cl2N2O4/c1-12(2)20(13-3-6-17-18(9-13)29-8-7-28-17)25-19(26)11-24-21(27)15-5-4-14(22)10-16(15)23/h3-6,9-10,12,20H,7-8,11H2,1-2H3,(H,24,27)(H,25,26)/t20-/m1/s1. The smallest absolute Gasteiger partial charge is 0.253 e. The lowest BCUT2D eigenvalue weighted by atomic mass is 9.95. The average Bonchev–Trinajstić information content (AvgIpc) is 2.69. The first-order valence-corrected chi connectivity index (χ1v) is 10.0. The second-order valence-corrected chi connectivity index (χ2v) is 7.84. The number of hydrogen-bond acceptors (Lipinski definition) is 4. The molecule has 0 saturated carbocycles. The van der Waals surface area contributed by atoms with Gasteiger partial charge in [0.1, 0.15) is 13.2 Å². The third-order valence-electron chi connectivity index (χ3n) is 4.49. The number of halogens is 2. The van der Waals surface area contributed by atoms with E-state index in [1.165, 1.54) is 12.1 Å². The van der Waals surface area contributed by atoms with Crippen LogP contribution >= 0.6 is 23.2 Å². The maximum Gasteiger partial charge on any atom is 0.253 e. The van der Waals surface area contributed by atoms with Gasteiger partial charge in [-0.05, 0) is 41.8 Å². The highest BCUT2D eigenvalue weighted by molar-refractivity contribution is 6.36. The molecule has 1 heterocycles. The number of hydrogen-bond donors (Lipinski definition) is 2. The lowest BCUT2D eigenvalue weighted by Gasteiger charge is -2.25. The normalized spacial score (nSPS) is 13.7. The van der Waals surface area contributed by atoms with Gasteiger partial charge in [0.2, 0.25) is 5.91 Å². The molecule has 2 aromatic carbocycles. The summed E-state index contributed by atoms with van der Waals surface area (Å²) < 4.78 is 11.2. The molecule has 1 aliphatic rings. The van der Waals surface area contributed by atoms with Crippen molar-refractivity contribution in [2.45, 2.75) is 19.9 Å². The highest BCUT2D eigenvalue weighted by Crippen LogP contribution is 2.34. The number of nitrogens with one attached hydrogen (secondary N) is 2. The minimum atomic E-state index is -0.442. The SMILES string of the molecule is CC(C)[C@@H](NC(=O)CNC(=O)c1ccc(Cl)cc1Cl)c1ccc2c(c1)OCCO2. The second kappa shape index (κ2) is 9.37. The summed E-state index contributed by atoms with van der Waals surface area (Å²) in [4.78, 5) is 24.7. The van der Waals surface area contributed by atoms with Gasteiger partial charge in [0.15, 0.2) is 11.5 Å². The van der Waals surface area contributed by atoms with Crippen LogP contribution in [0.15, 0.2) is 36.4 Å². The number of ether oxygens (including phenoxy) is 2. The summed E-state index contributed by atoms with van der Waals surface area (Å²) in [5.74, 6) is 0.738. The zero-order valence-corrected chi connectivity index (χ0v) is 17.6. The minimum Gasteiger partial charge on any atom is -0.486 e. The molecule has 0 aliphatic carbocycles. The number of amides is 2. The van der Waals surface area contributed by atoms with Crippen LogP contribution in [-0.4, -0.2) is 31.6 Å². The van der Waals surface area contributed by atoms with Gasteiger partial charge in [-0.25, -0.2) is 0 Å². The van der Waals surface area contributed by atoms with Gasteiger partial charge in [0, 0.05) is 5.02 Å². The lowest BCUT2D eigenvalue weighted by Crippen LogP contribution is -2.40. The van der Waals surface area contributed by atoms with Gasteiger partial charge in [-0.15, -0.1) is 0 Å². The Labute approximate surface area is 179 Å². The molecule has 0 radical (unpaired) electrons. The van der Waals surface area contributed by atoms with E-state index in [9.17, 15) is 9.59 Å². The molecule has 6 nitrogen and oxygen atoms in total. The van der Waals surface area contributed by atoms with E-state index in [2.05, 4.69) is 10.6 Å². The van der Waals surface area contributed by atoms with Crippen LogP contribution in [0.3, 0.4) is 0 Å². The Kier molecular flexibility index (Phi) is 6.87. The van der Waals surface area contributed by atoms with E-state index in [0.717, 1.165) is 5.56 Å². The molecular weight excluding hydrogens is 415 g/mol. The number of carbonyl (C=O) groups excluding carboxylic acids is 2. The van der Waals surface area contributed by atoms with Crippen LogP contribution in [0.4, 0.5) is 0 Å². The molecule has 0 bridgehead atoms. The Balaban J connectivity index is 1.63. The van der Waals surface area contributed by atoms with Gasteiger partial charge in [-0.2, -0.15) is 0 Å². The van der Waals surface area contributed by atoms with Crippen molar-refractivity contribution in [2.75, 3.05) is 19.8 Å². The third kappa shape index (κ3) is 5.34. The fraction of sp³-hybridized carbons (Fsp3) is 0.333. The molecule has 2 N–H and O–H groups in total. The molecule has 0 unspecified atom stereocenters. The summed E-state index contributed by atoms with van der Waals surface area (Å²) in [6.45, 7) is 4.86. The molecule has 3 rings (SSSR count). The molecule has 0 aromatic heterocycles. The molecule has 0 saturated heterocycles. The van der Waals surface area contributed by atoms with E-state index >= 15 is 0 Å². The van der Waals surface area contributed by atoms with E-state index in [1.54, 1.807) is 6.07 Å². The molecule has 0 spiro atoms. The molecule has 8 heteroatoms. The van der Waals surface area contributed by atoms with Crippen molar-refractivity contribution < 1.29 is 19.1 Å². The predicted molar refractivity (Wildman–Crippen MR) is 112 cm³/mol. The molecular formula is C21H22Cl2N2O4. The number of fused-ring (bicyclic) bond motifs is 1. The van der Waals surface area contributed by atoms with Crippen molar-refractivity contribution in [1.82, 2.24) is 10.6 Å². The number of carbonyl (C=O) groups is 2. The van der Waals surface area contributed by atoms with Crippen LogP contribution in [-0.2, 0) is 4.79 Å². The Morgan fingerprint density at radius 1 is 1.03 bits per heavy atom. The maximum absolute atomic E-state index is 12.5. The van der Waals surface area contributed by atoms with Crippen molar-refractivity contribution in [3.63, 3.8) is 0 Å². The Morgan fingerprint density at radius 2 is 1.76 bits per heavy atom. The van der Waals surface area contributed by atoms with Crippen LogP contribution in [0, 0.1) is 5.92 Å². The van der Waals surface area contributed by atoms with E-state index < -0.39 is 5.91 Å². The quantitative estimate of drug-likeness (QED) is 0.716. The summed E-state index contributed by atoms with van der Waals surface area (Å²) in [5.41, 5.74) is 1.17. The zero-order valence-electron chi connectivity index (χ0n) is 16.1. The van der Waals surface area contributed by atoms with Gasteiger partial charge < -0.3 is 20.1 Å². The number of rotatable bonds is 6. The summed E-state index contributed by atoms with van der Waals surface area (Å²) in [7, 11) is 0. The zero-order chi connectivity index (χ0) is 21.0. The van der Waals surface area contributed by atoms with Crippen molar-refractivity contribution in [3.8, 4) is 11.5 Å². The van der Waals surface area contributed by atoms with E-state index in [1.807, 2.05) is 32.0 Å². The molecule has 2 amide bonds. The topological polar surface area (TPSA) is 76.7 Å². The largest absolute Gasteiger partial charge is 0.486 e. The first-order chi connectivity index (χ1) is 13.8. The fourth-order valence-electron chi connectivity index (χ4n) is 3.04. The van der Waals surface area contributed by atoms with Gasteiger partial charge in [0.25, 0.3) is 5.91 Å². The van der Waals surface area contributed by atoms with Crippen molar-refractivity contribution in [3.05, 3.63) is 57.6 Å². The molecule has 154 valence electrons. The van der Waals surface area contributed by atoms with Crippen molar-refractivity contribution in [1.29, 1.82) is 0 Å². The molecule has 2 aromatic rings. The average molecular weight is 437 g/mol. The van der Waals surface area contributed by atoms with Crippen LogP contribution in [0.5, 0.6) is 11.5 Å². The Bertz CT molecular complexity index is 918. The van der Waals surface area contributed by atoms with Gasteiger partial charge in [-0.3, -0.25) is 9.59 Å². The van der Waals surface area contributed by atoms with Crippen molar-refractivity contribution >= 4 is 35.0 Å². The predicted octanol–water partition coefficient (Wildman–Crippen LogP) is 4.01. The second-order valence-electron chi connectivity index (χ2n) is 7.00.